The standard InChI is InChI=1S/C9H7ClFIO2/c1-14-8(13)4-5-2-6(10)9(12)7(11)3-5/h2-3H,4H2,1H3. The highest BCUT2D eigenvalue weighted by molar-refractivity contribution is 14.1. The summed E-state index contributed by atoms with van der Waals surface area (Å²) in [4.78, 5) is 10.9. The summed E-state index contributed by atoms with van der Waals surface area (Å²) in [6.07, 6.45) is 0.0318. The Balaban J connectivity index is 2.95. The first-order chi connectivity index (χ1) is 6.54. The highest BCUT2D eigenvalue weighted by Gasteiger charge is 2.09. The lowest BCUT2D eigenvalue weighted by molar-refractivity contribution is -0.139. The van der Waals surface area contributed by atoms with Crippen LogP contribution in [0.4, 0.5) is 4.39 Å². The summed E-state index contributed by atoms with van der Waals surface area (Å²) < 4.78 is 18.0. The Labute approximate surface area is 99.5 Å². The summed E-state index contributed by atoms with van der Waals surface area (Å²) in [5.41, 5.74) is 0.514. The molecule has 0 saturated heterocycles. The van der Waals surface area contributed by atoms with Crippen LogP contribution < -0.4 is 0 Å². The molecule has 0 saturated carbocycles. The van der Waals surface area contributed by atoms with Gasteiger partial charge in [0.15, 0.2) is 0 Å². The van der Waals surface area contributed by atoms with Gasteiger partial charge in [-0.25, -0.2) is 4.39 Å². The average molecular weight is 329 g/mol. The van der Waals surface area contributed by atoms with Gasteiger partial charge in [-0.15, -0.1) is 0 Å². The molecule has 0 bridgehead atoms. The third-order valence-corrected chi connectivity index (χ3v) is 3.33. The molecule has 0 aliphatic carbocycles. The molecule has 2 nitrogen and oxygen atoms in total. The van der Waals surface area contributed by atoms with Crippen LogP contribution in [0.3, 0.4) is 0 Å². The van der Waals surface area contributed by atoms with Crippen LogP contribution >= 0.6 is 34.2 Å². The van der Waals surface area contributed by atoms with Crippen LogP contribution in [0, 0.1) is 9.39 Å². The quantitative estimate of drug-likeness (QED) is 0.474. The molecule has 14 heavy (non-hydrogen) atoms. The number of hydrogen-bond donors (Lipinski definition) is 0. The van der Waals surface area contributed by atoms with Gasteiger partial charge in [0.25, 0.3) is 0 Å². The van der Waals surface area contributed by atoms with E-state index in [0.717, 1.165) is 0 Å². The summed E-state index contributed by atoms with van der Waals surface area (Å²) >= 11 is 7.55. The van der Waals surface area contributed by atoms with Crippen LogP contribution in [0.1, 0.15) is 5.56 Å². The van der Waals surface area contributed by atoms with Gasteiger partial charge in [-0.3, -0.25) is 4.79 Å². The van der Waals surface area contributed by atoms with Gasteiger partial charge in [0.2, 0.25) is 0 Å². The summed E-state index contributed by atoms with van der Waals surface area (Å²) in [5.74, 6) is -0.835. The largest absolute Gasteiger partial charge is 0.469 e. The zero-order valence-corrected chi connectivity index (χ0v) is 10.2. The lowest BCUT2D eigenvalue weighted by Crippen LogP contribution is -2.05. The topological polar surface area (TPSA) is 26.3 Å². The van der Waals surface area contributed by atoms with Crippen molar-refractivity contribution in [2.45, 2.75) is 6.42 Å². The molecule has 0 unspecified atom stereocenters. The fourth-order valence-corrected chi connectivity index (χ4v) is 1.49. The van der Waals surface area contributed by atoms with Gasteiger partial charge in [0.1, 0.15) is 5.82 Å². The molecule has 0 fully saturated rings. The minimum Gasteiger partial charge on any atom is -0.469 e. The molecule has 0 radical (unpaired) electrons. The SMILES string of the molecule is COC(=O)Cc1cc(F)c(I)c(Cl)c1. The van der Waals surface area contributed by atoms with Crippen LogP contribution in [-0.4, -0.2) is 13.1 Å². The molecule has 0 N–H and O–H groups in total. The Morgan fingerprint density at radius 3 is 2.79 bits per heavy atom. The minimum atomic E-state index is -0.419. The van der Waals surface area contributed by atoms with E-state index in [2.05, 4.69) is 4.74 Å². The lowest BCUT2D eigenvalue weighted by atomic mass is 10.1. The fraction of sp³-hybridized carbons (Fsp3) is 0.222. The highest BCUT2D eigenvalue weighted by Crippen LogP contribution is 2.23. The Kier molecular flexibility index (Phi) is 4.12. The van der Waals surface area contributed by atoms with E-state index in [9.17, 15) is 9.18 Å². The lowest BCUT2D eigenvalue weighted by Gasteiger charge is -2.03. The van der Waals surface area contributed by atoms with Crippen molar-refractivity contribution in [2.75, 3.05) is 7.11 Å². The normalized spacial score (nSPS) is 10.0. The molecular weight excluding hydrogens is 321 g/mol. The third kappa shape index (κ3) is 2.81. The van der Waals surface area contributed by atoms with E-state index in [4.69, 9.17) is 11.6 Å². The molecule has 0 heterocycles. The number of methoxy groups -OCH3 is 1. The van der Waals surface area contributed by atoms with Crippen molar-refractivity contribution in [1.29, 1.82) is 0 Å². The molecule has 0 aliphatic rings. The van der Waals surface area contributed by atoms with Gasteiger partial charge in [-0.1, -0.05) is 11.6 Å². The molecule has 1 aromatic carbocycles. The molecule has 0 atom stereocenters. The van der Waals surface area contributed by atoms with E-state index in [1.54, 1.807) is 28.7 Å². The van der Waals surface area contributed by atoms with Crippen LogP contribution in [0.2, 0.25) is 5.02 Å². The predicted molar refractivity (Wildman–Crippen MR) is 59.8 cm³/mol. The summed E-state index contributed by atoms with van der Waals surface area (Å²) in [7, 11) is 1.28. The number of rotatable bonds is 2. The minimum absolute atomic E-state index is 0.0318. The Hall–Kier alpha value is -0.360. The Morgan fingerprint density at radius 1 is 1.64 bits per heavy atom. The third-order valence-electron chi connectivity index (χ3n) is 1.62. The summed E-state index contributed by atoms with van der Waals surface area (Å²) in [6.45, 7) is 0. The van der Waals surface area contributed by atoms with E-state index >= 15 is 0 Å². The number of benzene rings is 1. The summed E-state index contributed by atoms with van der Waals surface area (Å²) in [6, 6.07) is 2.84. The number of ether oxygens (including phenoxy) is 1. The van der Waals surface area contributed by atoms with Gasteiger partial charge in [0.05, 0.1) is 22.1 Å². The van der Waals surface area contributed by atoms with Crippen molar-refractivity contribution in [3.8, 4) is 0 Å². The zero-order chi connectivity index (χ0) is 10.7. The maximum atomic E-state index is 13.2. The van der Waals surface area contributed by atoms with E-state index in [1.807, 2.05) is 0 Å². The Morgan fingerprint density at radius 2 is 2.29 bits per heavy atom. The van der Waals surface area contributed by atoms with E-state index in [-0.39, 0.29) is 6.42 Å². The molecule has 1 rings (SSSR count). The molecule has 0 aromatic heterocycles. The maximum Gasteiger partial charge on any atom is 0.309 e. The molecule has 0 amide bonds. The van der Waals surface area contributed by atoms with Gasteiger partial charge in [-0.2, -0.15) is 0 Å². The van der Waals surface area contributed by atoms with Gasteiger partial charge in [-0.05, 0) is 40.3 Å². The second-order valence-corrected chi connectivity index (χ2v) is 4.11. The predicted octanol–water partition coefficient (Wildman–Crippen LogP) is 2.80. The molecular formula is C9H7ClFIO2. The van der Waals surface area contributed by atoms with Crippen LogP contribution in [0.5, 0.6) is 0 Å². The molecule has 5 heteroatoms. The van der Waals surface area contributed by atoms with Crippen molar-refractivity contribution in [3.05, 3.63) is 32.1 Å². The van der Waals surface area contributed by atoms with Crippen molar-refractivity contribution in [2.24, 2.45) is 0 Å². The van der Waals surface area contributed by atoms with Crippen molar-refractivity contribution < 1.29 is 13.9 Å². The molecule has 76 valence electrons. The second kappa shape index (κ2) is 4.93. The number of esters is 1. The first kappa shape index (κ1) is 11.7. The van der Waals surface area contributed by atoms with E-state index < -0.39 is 11.8 Å². The van der Waals surface area contributed by atoms with Crippen LogP contribution in [0.25, 0.3) is 0 Å². The van der Waals surface area contributed by atoms with Crippen molar-refractivity contribution in [1.82, 2.24) is 0 Å². The Bertz CT molecular complexity index is 345. The average Bonchev–Trinajstić information content (AvgIpc) is 2.14. The van der Waals surface area contributed by atoms with Gasteiger partial charge in [0, 0.05) is 0 Å². The van der Waals surface area contributed by atoms with Gasteiger partial charge < -0.3 is 4.74 Å². The van der Waals surface area contributed by atoms with Crippen molar-refractivity contribution in [3.63, 3.8) is 0 Å². The van der Waals surface area contributed by atoms with E-state index in [0.29, 0.717) is 14.2 Å². The summed E-state index contributed by atoms with van der Waals surface area (Å²) in [5, 5.41) is 0.310. The second-order valence-electron chi connectivity index (χ2n) is 2.63. The molecule has 1 aromatic rings. The monoisotopic (exact) mass is 328 g/mol. The van der Waals surface area contributed by atoms with Gasteiger partial charge >= 0.3 is 5.97 Å². The number of carbonyl (C=O) groups is 1. The smallest absolute Gasteiger partial charge is 0.309 e. The first-order valence-electron chi connectivity index (χ1n) is 3.75. The number of carbonyl (C=O) groups excluding carboxylic acids is 1. The highest BCUT2D eigenvalue weighted by atomic mass is 127. The van der Waals surface area contributed by atoms with Crippen LogP contribution in [-0.2, 0) is 16.0 Å². The molecule has 0 aliphatic heterocycles. The maximum absolute atomic E-state index is 13.2. The molecule has 0 spiro atoms. The van der Waals surface area contributed by atoms with Crippen LogP contribution in [0.15, 0.2) is 12.1 Å². The first-order valence-corrected chi connectivity index (χ1v) is 5.20. The zero-order valence-electron chi connectivity index (χ0n) is 7.31. The number of halogens is 3. The number of hydrogen-bond acceptors (Lipinski definition) is 2. The fourth-order valence-electron chi connectivity index (χ4n) is 0.949. The van der Waals surface area contributed by atoms with Crippen molar-refractivity contribution >= 4 is 40.2 Å². The van der Waals surface area contributed by atoms with E-state index in [1.165, 1.54) is 13.2 Å².